The second-order valence-corrected chi connectivity index (χ2v) is 4.83. The highest BCUT2D eigenvalue weighted by Crippen LogP contribution is 2.27. The van der Waals surface area contributed by atoms with Gasteiger partial charge < -0.3 is 10.5 Å². The van der Waals surface area contributed by atoms with Crippen LogP contribution < -0.4 is 10.5 Å². The first kappa shape index (κ1) is 14.4. The third kappa shape index (κ3) is 3.31. The molecular weight excluding hydrogens is 303 g/mol. The van der Waals surface area contributed by atoms with Crippen LogP contribution in [0.3, 0.4) is 0 Å². The van der Waals surface area contributed by atoms with Gasteiger partial charge in [-0.3, -0.25) is 10.1 Å². The normalized spacial score (nSPS) is 10.3. The number of halogens is 2. The van der Waals surface area contributed by atoms with E-state index >= 15 is 0 Å². The molecule has 0 spiro atoms. The van der Waals surface area contributed by atoms with E-state index in [0.717, 1.165) is 5.56 Å². The largest absolute Gasteiger partial charge is 0.489 e. The molecule has 0 aliphatic rings. The van der Waals surface area contributed by atoms with Gasteiger partial charge in [0.25, 0.3) is 5.69 Å². The first-order chi connectivity index (χ1) is 9.47. The molecule has 2 rings (SSSR count). The summed E-state index contributed by atoms with van der Waals surface area (Å²) in [6, 6.07) is 9.36. The summed E-state index contributed by atoms with van der Waals surface area (Å²) >= 11 is 11.7. The molecule has 104 valence electrons. The Labute approximate surface area is 125 Å². The summed E-state index contributed by atoms with van der Waals surface area (Å²) < 4.78 is 5.51. The molecule has 0 fully saturated rings. The van der Waals surface area contributed by atoms with Crippen molar-refractivity contribution in [2.45, 2.75) is 6.61 Å². The number of ether oxygens (including phenoxy) is 1. The summed E-state index contributed by atoms with van der Waals surface area (Å²) in [5.41, 5.74) is 6.30. The van der Waals surface area contributed by atoms with Gasteiger partial charge >= 0.3 is 0 Å². The quantitative estimate of drug-likeness (QED) is 0.524. The fourth-order valence-corrected chi connectivity index (χ4v) is 1.88. The van der Waals surface area contributed by atoms with E-state index in [-0.39, 0.29) is 18.0 Å². The zero-order valence-corrected chi connectivity index (χ0v) is 11.7. The molecule has 0 atom stereocenters. The van der Waals surface area contributed by atoms with Gasteiger partial charge in [0.05, 0.1) is 15.0 Å². The summed E-state index contributed by atoms with van der Waals surface area (Å²) in [6.45, 7) is 0.222. The molecule has 0 aromatic heterocycles. The second kappa shape index (κ2) is 5.98. The Balaban J connectivity index is 2.09. The van der Waals surface area contributed by atoms with Crippen molar-refractivity contribution in [1.29, 1.82) is 0 Å². The standard InChI is InChI=1S/C13H10Cl2N2O3/c14-10-3-2-9(6-11(10)15)20-7-8-1-4-13(17(18)19)12(16)5-8/h1-6H,7,16H2. The predicted molar refractivity (Wildman–Crippen MR) is 78.3 cm³/mol. The van der Waals surface area contributed by atoms with Crippen LogP contribution in [0.15, 0.2) is 36.4 Å². The molecule has 0 unspecified atom stereocenters. The maximum absolute atomic E-state index is 10.6. The average Bonchev–Trinajstić information content (AvgIpc) is 2.40. The van der Waals surface area contributed by atoms with E-state index in [1.165, 1.54) is 12.1 Å². The van der Waals surface area contributed by atoms with E-state index in [4.69, 9.17) is 33.7 Å². The maximum atomic E-state index is 10.6. The van der Waals surface area contributed by atoms with Crippen LogP contribution >= 0.6 is 23.2 Å². The second-order valence-electron chi connectivity index (χ2n) is 4.01. The van der Waals surface area contributed by atoms with Gasteiger partial charge in [-0.05, 0) is 29.8 Å². The molecule has 0 aliphatic carbocycles. The van der Waals surface area contributed by atoms with Crippen molar-refractivity contribution in [2.75, 3.05) is 5.73 Å². The molecular formula is C13H10Cl2N2O3. The zero-order chi connectivity index (χ0) is 14.7. The number of benzene rings is 2. The van der Waals surface area contributed by atoms with Crippen molar-refractivity contribution in [3.63, 3.8) is 0 Å². The summed E-state index contributed by atoms with van der Waals surface area (Å²) in [4.78, 5) is 10.1. The fraction of sp³-hybridized carbons (Fsp3) is 0.0769. The van der Waals surface area contributed by atoms with Gasteiger partial charge in [-0.1, -0.05) is 23.2 Å². The maximum Gasteiger partial charge on any atom is 0.292 e. The Morgan fingerprint density at radius 2 is 1.90 bits per heavy atom. The van der Waals surface area contributed by atoms with Crippen LogP contribution in [0, 0.1) is 10.1 Å². The molecule has 7 heteroatoms. The lowest BCUT2D eigenvalue weighted by Crippen LogP contribution is -2.00. The minimum atomic E-state index is -0.529. The number of hydrogen-bond acceptors (Lipinski definition) is 4. The van der Waals surface area contributed by atoms with E-state index in [0.29, 0.717) is 15.8 Å². The van der Waals surface area contributed by atoms with Gasteiger partial charge in [0, 0.05) is 12.1 Å². The van der Waals surface area contributed by atoms with Gasteiger partial charge in [-0.15, -0.1) is 0 Å². The number of nitrogens with two attached hydrogens (primary N) is 1. The van der Waals surface area contributed by atoms with E-state index in [1.54, 1.807) is 24.3 Å². The first-order valence-corrected chi connectivity index (χ1v) is 6.33. The number of hydrogen-bond donors (Lipinski definition) is 1. The van der Waals surface area contributed by atoms with Crippen LogP contribution in [0.4, 0.5) is 11.4 Å². The Morgan fingerprint density at radius 1 is 1.15 bits per heavy atom. The van der Waals surface area contributed by atoms with Crippen molar-refractivity contribution >= 4 is 34.6 Å². The van der Waals surface area contributed by atoms with Gasteiger partial charge in [0.2, 0.25) is 0 Å². The van der Waals surface area contributed by atoms with Crippen molar-refractivity contribution < 1.29 is 9.66 Å². The fourth-order valence-electron chi connectivity index (χ4n) is 1.59. The Morgan fingerprint density at radius 3 is 2.50 bits per heavy atom. The van der Waals surface area contributed by atoms with Gasteiger partial charge in [-0.25, -0.2) is 0 Å². The highest BCUT2D eigenvalue weighted by atomic mass is 35.5. The minimum Gasteiger partial charge on any atom is -0.489 e. The smallest absolute Gasteiger partial charge is 0.292 e. The molecule has 0 bridgehead atoms. The van der Waals surface area contributed by atoms with Crippen LogP contribution in [0.5, 0.6) is 5.75 Å². The van der Waals surface area contributed by atoms with E-state index < -0.39 is 4.92 Å². The Hall–Kier alpha value is -1.98. The molecule has 2 N–H and O–H groups in total. The molecule has 0 saturated heterocycles. The Kier molecular flexibility index (Phi) is 4.32. The summed E-state index contributed by atoms with van der Waals surface area (Å²) in [6.07, 6.45) is 0. The SMILES string of the molecule is Nc1cc(COc2ccc(Cl)c(Cl)c2)ccc1[N+](=O)[O-]. The predicted octanol–water partition coefficient (Wildman–Crippen LogP) is 4.06. The number of anilines is 1. The number of nitrogens with zero attached hydrogens (tertiary/aromatic N) is 1. The van der Waals surface area contributed by atoms with Crippen molar-refractivity contribution in [1.82, 2.24) is 0 Å². The summed E-state index contributed by atoms with van der Waals surface area (Å²) in [7, 11) is 0. The van der Waals surface area contributed by atoms with Gasteiger partial charge in [-0.2, -0.15) is 0 Å². The molecule has 2 aromatic rings. The van der Waals surface area contributed by atoms with E-state index in [9.17, 15) is 10.1 Å². The number of nitro benzene ring substituents is 1. The lowest BCUT2D eigenvalue weighted by Gasteiger charge is -2.08. The van der Waals surface area contributed by atoms with Crippen LogP contribution in [-0.4, -0.2) is 4.92 Å². The summed E-state index contributed by atoms with van der Waals surface area (Å²) in [5.74, 6) is 0.552. The van der Waals surface area contributed by atoms with Crippen LogP contribution in [0.2, 0.25) is 10.0 Å². The van der Waals surface area contributed by atoms with Crippen molar-refractivity contribution in [2.24, 2.45) is 0 Å². The molecule has 0 amide bonds. The number of nitrogen functional groups attached to an aromatic ring is 1. The summed E-state index contributed by atoms with van der Waals surface area (Å²) in [5, 5.41) is 11.5. The third-order valence-corrected chi connectivity index (χ3v) is 3.32. The molecule has 0 aliphatic heterocycles. The zero-order valence-electron chi connectivity index (χ0n) is 10.2. The lowest BCUT2D eigenvalue weighted by molar-refractivity contribution is -0.383. The topological polar surface area (TPSA) is 78.4 Å². The van der Waals surface area contributed by atoms with Gasteiger partial charge in [0.15, 0.2) is 0 Å². The molecule has 5 nitrogen and oxygen atoms in total. The van der Waals surface area contributed by atoms with Crippen LogP contribution in [-0.2, 0) is 6.61 Å². The van der Waals surface area contributed by atoms with Crippen LogP contribution in [0.25, 0.3) is 0 Å². The molecule has 2 aromatic carbocycles. The molecule has 0 radical (unpaired) electrons. The number of rotatable bonds is 4. The van der Waals surface area contributed by atoms with Crippen molar-refractivity contribution in [3.8, 4) is 5.75 Å². The van der Waals surface area contributed by atoms with E-state index in [1.807, 2.05) is 0 Å². The Bertz CT molecular complexity index is 662. The average molecular weight is 313 g/mol. The van der Waals surface area contributed by atoms with Gasteiger partial charge in [0.1, 0.15) is 18.0 Å². The molecule has 0 saturated carbocycles. The highest BCUT2D eigenvalue weighted by molar-refractivity contribution is 6.42. The lowest BCUT2D eigenvalue weighted by atomic mass is 10.2. The third-order valence-electron chi connectivity index (χ3n) is 2.59. The van der Waals surface area contributed by atoms with Crippen LogP contribution in [0.1, 0.15) is 5.56 Å². The first-order valence-electron chi connectivity index (χ1n) is 5.58. The number of nitro groups is 1. The van der Waals surface area contributed by atoms with E-state index in [2.05, 4.69) is 0 Å². The van der Waals surface area contributed by atoms with Crippen molar-refractivity contribution in [3.05, 3.63) is 62.1 Å². The highest BCUT2D eigenvalue weighted by Gasteiger charge is 2.11. The minimum absolute atomic E-state index is 0.102. The molecule has 0 heterocycles. The monoisotopic (exact) mass is 312 g/mol. The molecule has 20 heavy (non-hydrogen) atoms.